The van der Waals surface area contributed by atoms with Crippen molar-refractivity contribution < 1.29 is 9.72 Å². The van der Waals surface area contributed by atoms with Crippen LogP contribution in [0.25, 0.3) is 0 Å². The summed E-state index contributed by atoms with van der Waals surface area (Å²) in [6, 6.07) is 14.3. The van der Waals surface area contributed by atoms with Crippen molar-refractivity contribution in [3.05, 3.63) is 76.2 Å². The molecule has 1 aromatic carbocycles. The van der Waals surface area contributed by atoms with Crippen LogP contribution in [0, 0.1) is 17.0 Å². The largest absolute Gasteiger partial charge is 0.355 e. The average Bonchev–Trinajstić information content (AvgIpc) is 2.67. The van der Waals surface area contributed by atoms with Gasteiger partial charge in [0.05, 0.1) is 11.3 Å². The number of hydrazine groups is 1. The monoisotopic (exact) mass is 379 g/mol. The van der Waals surface area contributed by atoms with Crippen molar-refractivity contribution in [1.82, 2.24) is 20.4 Å². The van der Waals surface area contributed by atoms with Crippen LogP contribution in [0.15, 0.2) is 54.9 Å². The van der Waals surface area contributed by atoms with Gasteiger partial charge < -0.3 is 5.32 Å². The summed E-state index contributed by atoms with van der Waals surface area (Å²) in [4.78, 5) is 35.0. The Bertz CT molecular complexity index is 995. The number of benzene rings is 1. The minimum Gasteiger partial charge on any atom is -0.319 e. The van der Waals surface area contributed by atoms with Gasteiger partial charge in [0.15, 0.2) is 0 Å². The maximum atomic E-state index is 12.1. The predicted octanol–water partition coefficient (Wildman–Crippen LogP) is 2.52. The highest BCUT2D eigenvalue weighted by atomic mass is 16.6. The van der Waals surface area contributed by atoms with E-state index in [0.717, 1.165) is 17.6 Å². The standard InChI is InChI=1S/C18H17N7O3/c1-12-6-5-9-14(21-12)22-17-16(25(27)28)18(20-11-19-17)24-23-15(26)10-13-7-3-2-4-8-13/h2-9,11H,10H2,1H3,(H,23,26)(H2,19,20,21,22,24). The molecule has 10 nitrogen and oxygen atoms in total. The second-order valence-corrected chi connectivity index (χ2v) is 5.80. The number of nitrogens with one attached hydrogen (secondary N) is 3. The lowest BCUT2D eigenvalue weighted by Crippen LogP contribution is -2.31. The van der Waals surface area contributed by atoms with Gasteiger partial charge in [0.25, 0.3) is 0 Å². The molecule has 142 valence electrons. The Morgan fingerprint density at radius 3 is 2.54 bits per heavy atom. The molecule has 1 amide bonds. The van der Waals surface area contributed by atoms with Crippen molar-refractivity contribution in [2.24, 2.45) is 0 Å². The van der Waals surface area contributed by atoms with Gasteiger partial charge in [-0.25, -0.2) is 15.0 Å². The Morgan fingerprint density at radius 2 is 1.82 bits per heavy atom. The second kappa shape index (κ2) is 8.54. The van der Waals surface area contributed by atoms with Crippen molar-refractivity contribution >= 4 is 29.0 Å². The molecule has 0 aliphatic carbocycles. The Kier molecular flexibility index (Phi) is 5.70. The number of aryl methyl sites for hydroxylation is 1. The van der Waals surface area contributed by atoms with Crippen LogP contribution < -0.4 is 16.2 Å². The molecule has 0 radical (unpaired) electrons. The number of pyridine rings is 1. The SMILES string of the molecule is Cc1cccc(Nc2ncnc(NNC(=O)Cc3ccccc3)c2[N+](=O)[O-])n1. The fourth-order valence-electron chi connectivity index (χ4n) is 2.42. The first kappa shape index (κ1) is 18.7. The molecular weight excluding hydrogens is 362 g/mol. The Morgan fingerprint density at radius 1 is 1.07 bits per heavy atom. The molecule has 0 aliphatic heterocycles. The van der Waals surface area contributed by atoms with Gasteiger partial charge in [-0.15, -0.1) is 0 Å². The van der Waals surface area contributed by atoms with Gasteiger partial charge in [0, 0.05) is 5.69 Å². The molecule has 3 aromatic rings. The summed E-state index contributed by atoms with van der Waals surface area (Å²) < 4.78 is 0. The molecule has 3 rings (SSSR count). The van der Waals surface area contributed by atoms with Gasteiger partial charge in [0.1, 0.15) is 12.1 Å². The van der Waals surface area contributed by atoms with Crippen LogP contribution in [-0.4, -0.2) is 25.8 Å². The van der Waals surface area contributed by atoms with E-state index in [9.17, 15) is 14.9 Å². The maximum Gasteiger partial charge on any atom is 0.355 e. The van der Waals surface area contributed by atoms with Gasteiger partial charge in [0.2, 0.25) is 17.5 Å². The van der Waals surface area contributed by atoms with Gasteiger partial charge in [-0.2, -0.15) is 0 Å². The molecule has 28 heavy (non-hydrogen) atoms. The number of amides is 1. The lowest BCUT2D eigenvalue weighted by Gasteiger charge is -2.11. The predicted molar refractivity (Wildman–Crippen MR) is 103 cm³/mol. The molecule has 10 heteroatoms. The number of carbonyl (C=O) groups excluding carboxylic acids is 1. The van der Waals surface area contributed by atoms with Crippen LogP contribution >= 0.6 is 0 Å². The molecule has 0 aliphatic rings. The molecule has 2 aromatic heterocycles. The van der Waals surface area contributed by atoms with Crippen molar-refractivity contribution in [3.63, 3.8) is 0 Å². The van der Waals surface area contributed by atoms with Crippen molar-refractivity contribution in [2.45, 2.75) is 13.3 Å². The van der Waals surface area contributed by atoms with Gasteiger partial charge >= 0.3 is 5.69 Å². The summed E-state index contributed by atoms with van der Waals surface area (Å²) in [5.41, 5.74) is 6.06. The fourth-order valence-corrected chi connectivity index (χ4v) is 2.42. The highest BCUT2D eigenvalue weighted by Gasteiger charge is 2.24. The first-order chi connectivity index (χ1) is 13.5. The summed E-state index contributed by atoms with van der Waals surface area (Å²) in [5, 5.41) is 14.4. The summed E-state index contributed by atoms with van der Waals surface area (Å²) in [7, 11) is 0. The summed E-state index contributed by atoms with van der Waals surface area (Å²) in [6.45, 7) is 1.80. The van der Waals surface area contributed by atoms with E-state index in [4.69, 9.17) is 0 Å². The first-order valence-electron chi connectivity index (χ1n) is 8.32. The number of nitro groups is 1. The van der Waals surface area contributed by atoms with Crippen molar-refractivity contribution in [2.75, 3.05) is 10.7 Å². The number of hydrogen-bond donors (Lipinski definition) is 3. The molecule has 0 fully saturated rings. The van der Waals surface area contributed by atoms with Crippen molar-refractivity contribution in [1.29, 1.82) is 0 Å². The third-order valence-corrected chi connectivity index (χ3v) is 3.67. The van der Waals surface area contributed by atoms with Gasteiger partial charge in [-0.05, 0) is 24.6 Å². The van der Waals surface area contributed by atoms with E-state index in [1.165, 1.54) is 0 Å². The molecule has 0 saturated carbocycles. The molecule has 0 saturated heterocycles. The number of rotatable bonds is 7. The molecule has 3 N–H and O–H groups in total. The molecule has 0 spiro atoms. The summed E-state index contributed by atoms with van der Waals surface area (Å²) >= 11 is 0. The average molecular weight is 379 g/mol. The zero-order valence-corrected chi connectivity index (χ0v) is 14.9. The van der Waals surface area contributed by atoms with Crippen LogP contribution in [0.4, 0.5) is 23.1 Å². The summed E-state index contributed by atoms with van der Waals surface area (Å²) in [5.74, 6) is -0.149. The van der Waals surface area contributed by atoms with E-state index < -0.39 is 10.6 Å². The van der Waals surface area contributed by atoms with Gasteiger partial charge in [-0.1, -0.05) is 36.4 Å². The van der Waals surface area contributed by atoms with E-state index in [0.29, 0.717) is 5.82 Å². The van der Waals surface area contributed by atoms with Crippen LogP contribution in [0.1, 0.15) is 11.3 Å². The number of aromatic nitrogens is 3. The Hall–Kier alpha value is -4.08. The number of nitrogens with zero attached hydrogens (tertiary/aromatic N) is 4. The molecule has 2 heterocycles. The van der Waals surface area contributed by atoms with E-state index in [1.807, 2.05) is 30.3 Å². The lowest BCUT2D eigenvalue weighted by atomic mass is 10.1. The normalized spacial score (nSPS) is 10.2. The number of hydrogen-bond acceptors (Lipinski definition) is 8. The van der Waals surface area contributed by atoms with E-state index in [1.54, 1.807) is 25.1 Å². The zero-order valence-electron chi connectivity index (χ0n) is 14.9. The third kappa shape index (κ3) is 4.75. The maximum absolute atomic E-state index is 12.1. The van der Waals surface area contributed by atoms with Crippen LogP contribution in [-0.2, 0) is 11.2 Å². The molecule has 0 bridgehead atoms. The minimum atomic E-state index is -0.635. The number of anilines is 3. The number of carbonyl (C=O) groups is 1. The smallest absolute Gasteiger partial charge is 0.319 e. The fraction of sp³-hybridized carbons (Fsp3) is 0.111. The van der Waals surface area contributed by atoms with E-state index >= 15 is 0 Å². The second-order valence-electron chi connectivity index (χ2n) is 5.80. The zero-order chi connectivity index (χ0) is 19.9. The van der Waals surface area contributed by atoms with Crippen LogP contribution in [0.3, 0.4) is 0 Å². The van der Waals surface area contributed by atoms with E-state index in [-0.39, 0.29) is 24.0 Å². The Labute approximate surface area is 160 Å². The van der Waals surface area contributed by atoms with Crippen LogP contribution in [0.2, 0.25) is 0 Å². The quantitative estimate of drug-likeness (QED) is 0.421. The lowest BCUT2D eigenvalue weighted by molar-refractivity contribution is -0.383. The van der Waals surface area contributed by atoms with Crippen molar-refractivity contribution in [3.8, 4) is 0 Å². The molecular formula is C18H17N7O3. The Balaban J connectivity index is 1.75. The highest BCUT2D eigenvalue weighted by molar-refractivity contribution is 5.81. The summed E-state index contributed by atoms with van der Waals surface area (Å²) in [6.07, 6.45) is 1.27. The first-order valence-corrected chi connectivity index (χ1v) is 8.32. The minimum absolute atomic E-state index is 0.0436. The van der Waals surface area contributed by atoms with Gasteiger partial charge in [-0.3, -0.25) is 25.8 Å². The van der Waals surface area contributed by atoms with E-state index in [2.05, 4.69) is 31.1 Å². The third-order valence-electron chi connectivity index (χ3n) is 3.67. The van der Waals surface area contributed by atoms with Crippen LogP contribution in [0.5, 0.6) is 0 Å². The topological polar surface area (TPSA) is 135 Å². The highest BCUT2D eigenvalue weighted by Crippen LogP contribution is 2.30. The molecule has 0 atom stereocenters. The molecule has 0 unspecified atom stereocenters.